The van der Waals surface area contributed by atoms with Crippen molar-refractivity contribution in [3.05, 3.63) is 56.2 Å². The Morgan fingerprint density at radius 3 is 2.95 bits per heavy atom. The molecular weight excluding hydrogens is 350 g/mol. The van der Waals surface area contributed by atoms with Gasteiger partial charge in [-0.25, -0.2) is 4.98 Å². The normalized spacial score (nSPS) is 13.6. The van der Waals surface area contributed by atoms with E-state index in [-0.39, 0.29) is 5.69 Å². The molecule has 3 rings (SSSR count). The molecular formula is C15H14BrN3O3. The number of ether oxygens (including phenoxy) is 1. The van der Waals surface area contributed by atoms with Crippen LogP contribution in [0.5, 0.6) is 5.75 Å². The Morgan fingerprint density at radius 1 is 1.45 bits per heavy atom. The maximum Gasteiger partial charge on any atom is 0.288 e. The molecule has 0 fully saturated rings. The lowest BCUT2D eigenvalue weighted by Gasteiger charge is -2.31. The molecule has 2 heterocycles. The van der Waals surface area contributed by atoms with Crippen LogP contribution in [0.1, 0.15) is 11.1 Å². The van der Waals surface area contributed by atoms with Crippen LogP contribution in [0.4, 0.5) is 11.5 Å². The van der Waals surface area contributed by atoms with Crippen LogP contribution in [0.3, 0.4) is 0 Å². The zero-order valence-corrected chi connectivity index (χ0v) is 13.5. The molecule has 0 aliphatic carbocycles. The van der Waals surface area contributed by atoms with Crippen molar-refractivity contribution in [3.63, 3.8) is 0 Å². The minimum atomic E-state index is -0.447. The summed E-state index contributed by atoms with van der Waals surface area (Å²) in [5.41, 5.74) is 2.40. The first kappa shape index (κ1) is 14.8. The van der Waals surface area contributed by atoms with Crippen LogP contribution in [-0.4, -0.2) is 23.6 Å². The van der Waals surface area contributed by atoms with E-state index in [9.17, 15) is 10.1 Å². The summed E-state index contributed by atoms with van der Waals surface area (Å²) in [4.78, 5) is 16.7. The minimum Gasteiger partial charge on any atom is -0.496 e. The van der Waals surface area contributed by atoms with Gasteiger partial charge in [-0.3, -0.25) is 10.1 Å². The monoisotopic (exact) mass is 363 g/mol. The van der Waals surface area contributed by atoms with Crippen LogP contribution >= 0.6 is 15.9 Å². The summed E-state index contributed by atoms with van der Waals surface area (Å²) < 4.78 is 6.03. The maximum absolute atomic E-state index is 10.8. The van der Waals surface area contributed by atoms with Crippen molar-refractivity contribution in [3.8, 4) is 5.75 Å². The molecule has 0 radical (unpaired) electrons. The van der Waals surface area contributed by atoms with E-state index in [2.05, 4.69) is 31.9 Å². The van der Waals surface area contributed by atoms with E-state index in [4.69, 9.17) is 4.74 Å². The number of methoxy groups -OCH3 is 1. The van der Waals surface area contributed by atoms with Crippen LogP contribution in [0, 0.1) is 10.1 Å². The molecule has 0 atom stereocenters. The third-order valence-electron chi connectivity index (χ3n) is 3.76. The number of aromatic nitrogens is 1. The van der Waals surface area contributed by atoms with Gasteiger partial charge in [-0.05, 0) is 34.0 Å². The quantitative estimate of drug-likeness (QED) is 0.617. The molecule has 22 heavy (non-hydrogen) atoms. The van der Waals surface area contributed by atoms with E-state index in [0.29, 0.717) is 11.0 Å². The number of rotatable bonds is 3. The van der Waals surface area contributed by atoms with Crippen molar-refractivity contribution in [2.75, 3.05) is 18.6 Å². The third-order valence-corrected chi connectivity index (χ3v) is 4.34. The lowest BCUT2D eigenvalue weighted by atomic mass is 9.98. The Balaban J connectivity index is 1.90. The zero-order valence-electron chi connectivity index (χ0n) is 12.0. The van der Waals surface area contributed by atoms with Gasteiger partial charge >= 0.3 is 0 Å². The second-order valence-electron chi connectivity index (χ2n) is 5.03. The highest BCUT2D eigenvalue weighted by molar-refractivity contribution is 9.10. The fourth-order valence-corrected chi connectivity index (χ4v) is 3.29. The smallest absolute Gasteiger partial charge is 0.288 e. The first-order valence-electron chi connectivity index (χ1n) is 6.80. The molecule has 0 amide bonds. The van der Waals surface area contributed by atoms with Gasteiger partial charge in [-0.2, -0.15) is 0 Å². The highest BCUT2D eigenvalue weighted by Gasteiger charge is 2.22. The molecule has 0 N–H and O–H groups in total. The average Bonchev–Trinajstić information content (AvgIpc) is 2.53. The first-order valence-corrected chi connectivity index (χ1v) is 7.59. The van der Waals surface area contributed by atoms with E-state index in [1.54, 1.807) is 7.11 Å². The number of hydrogen-bond acceptors (Lipinski definition) is 5. The fourth-order valence-electron chi connectivity index (χ4n) is 2.70. The van der Waals surface area contributed by atoms with Crippen LogP contribution < -0.4 is 9.64 Å². The Kier molecular flexibility index (Phi) is 3.98. The van der Waals surface area contributed by atoms with Crippen molar-refractivity contribution in [1.29, 1.82) is 0 Å². The van der Waals surface area contributed by atoms with E-state index < -0.39 is 4.92 Å². The summed E-state index contributed by atoms with van der Waals surface area (Å²) in [6.45, 7) is 1.49. The van der Waals surface area contributed by atoms with Gasteiger partial charge in [0.1, 0.15) is 17.8 Å². The number of anilines is 1. The molecule has 0 bridgehead atoms. The van der Waals surface area contributed by atoms with Crippen LogP contribution in [-0.2, 0) is 13.0 Å². The van der Waals surface area contributed by atoms with E-state index in [1.165, 1.54) is 23.4 Å². The number of hydrogen-bond donors (Lipinski definition) is 0. The van der Waals surface area contributed by atoms with Crippen LogP contribution in [0.2, 0.25) is 0 Å². The number of halogens is 1. The maximum atomic E-state index is 10.8. The van der Waals surface area contributed by atoms with Crippen molar-refractivity contribution >= 4 is 27.4 Å². The second-order valence-corrected chi connectivity index (χ2v) is 5.88. The van der Waals surface area contributed by atoms with Gasteiger partial charge in [-0.15, -0.1) is 0 Å². The third kappa shape index (κ3) is 2.64. The first-order chi connectivity index (χ1) is 10.6. The van der Waals surface area contributed by atoms with E-state index >= 15 is 0 Å². The summed E-state index contributed by atoms with van der Waals surface area (Å²) >= 11 is 3.39. The van der Waals surface area contributed by atoms with Crippen molar-refractivity contribution in [1.82, 2.24) is 4.98 Å². The molecule has 114 valence electrons. The number of fused-ring (bicyclic) bond motifs is 1. The lowest BCUT2D eigenvalue weighted by molar-refractivity contribution is -0.385. The number of nitro groups is 1. The average molecular weight is 364 g/mol. The number of benzene rings is 1. The van der Waals surface area contributed by atoms with Gasteiger partial charge in [0.2, 0.25) is 0 Å². The van der Waals surface area contributed by atoms with Crippen molar-refractivity contribution in [2.24, 2.45) is 0 Å². The number of pyridine rings is 1. The molecule has 0 saturated carbocycles. The Morgan fingerprint density at radius 2 is 2.27 bits per heavy atom. The molecule has 6 nitrogen and oxygen atoms in total. The van der Waals surface area contributed by atoms with Gasteiger partial charge in [0.15, 0.2) is 0 Å². The zero-order chi connectivity index (χ0) is 15.7. The molecule has 1 aliphatic heterocycles. The Hall–Kier alpha value is -2.15. The summed E-state index contributed by atoms with van der Waals surface area (Å²) in [5.74, 6) is 1.63. The van der Waals surface area contributed by atoms with Crippen molar-refractivity contribution < 1.29 is 9.66 Å². The van der Waals surface area contributed by atoms with Gasteiger partial charge in [-0.1, -0.05) is 12.1 Å². The molecule has 0 unspecified atom stereocenters. The van der Waals surface area contributed by atoms with Gasteiger partial charge < -0.3 is 9.64 Å². The molecule has 2 aromatic rings. The molecule has 0 saturated heterocycles. The Bertz CT molecular complexity index is 736. The minimum absolute atomic E-state index is 0.0188. The second kappa shape index (κ2) is 5.92. The molecule has 7 heteroatoms. The molecule has 0 spiro atoms. The fraction of sp³-hybridized carbons (Fsp3) is 0.267. The summed E-state index contributed by atoms with van der Waals surface area (Å²) in [7, 11) is 1.68. The van der Waals surface area contributed by atoms with Crippen LogP contribution in [0.25, 0.3) is 0 Å². The number of nitrogens with zero attached hydrogens (tertiary/aromatic N) is 3. The van der Waals surface area contributed by atoms with Crippen molar-refractivity contribution in [2.45, 2.75) is 13.0 Å². The van der Waals surface area contributed by atoms with Crippen LogP contribution in [0.15, 0.2) is 34.9 Å². The highest BCUT2D eigenvalue weighted by Crippen LogP contribution is 2.33. The summed E-state index contributed by atoms with van der Waals surface area (Å²) in [5, 5.41) is 10.8. The highest BCUT2D eigenvalue weighted by atomic mass is 79.9. The summed E-state index contributed by atoms with van der Waals surface area (Å²) in [6, 6.07) is 7.50. The molecule has 1 aromatic carbocycles. The largest absolute Gasteiger partial charge is 0.496 e. The topological polar surface area (TPSA) is 68.5 Å². The van der Waals surface area contributed by atoms with Gasteiger partial charge in [0.25, 0.3) is 5.69 Å². The molecule has 1 aromatic heterocycles. The SMILES string of the molecule is COc1cccc2c1CCN(c1ncc([N+](=O)[O-])cc1Br)C2. The molecule has 1 aliphatic rings. The predicted octanol–water partition coefficient (Wildman–Crippen LogP) is 3.32. The van der Waals surface area contributed by atoms with Gasteiger partial charge in [0.05, 0.1) is 16.5 Å². The van der Waals surface area contributed by atoms with E-state index in [1.807, 2.05) is 12.1 Å². The standard InChI is InChI=1S/C15H14BrN3O3/c1-22-14-4-2-3-10-9-18(6-5-12(10)14)15-13(16)7-11(8-17-15)19(20)21/h2-4,7-8H,5-6,9H2,1H3. The predicted molar refractivity (Wildman–Crippen MR) is 86.3 cm³/mol. The van der Waals surface area contributed by atoms with E-state index in [0.717, 1.165) is 24.5 Å². The Labute approximate surface area is 136 Å². The summed E-state index contributed by atoms with van der Waals surface area (Å²) in [6.07, 6.45) is 2.14. The van der Waals surface area contributed by atoms with Gasteiger partial charge in [0, 0.05) is 24.7 Å². The lowest BCUT2D eigenvalue weighted by Crippen LogP contribution is -2.31.